The van der Waals surface area contributed by atoms with E-state index in [0.717, 1.165) is 12.1 Å². The molecule has 0 N–H and O–H groups in total. The van der Waals surface area contributed by atoms with Gasteiger partial charge in [0.05, 0.1) is 5.88 Å². The van der Waals surface area contributed by atoms with Crippen molar-refractivity contribution in [3.05, 3.63) is 18.0 Å². The van der Waals surface area contributed by atoms with Gasteiger partial charge in [-0.2, -0.15) is 0 Å². The fourth-order valence-corrected chi connectivity index (χ4v) is 3.50. The summed E-state index contributed by atoms with van der Waals surface area (Å²) in [4.78, 5) is 0.329. The van der Waals surface area contributed by atoms with Crippen LogP contribution in [0.4, 0.5) is 0 Å². The second-order valence-corrected chi connectivity index (χ2v) is 7.20. The molecule has 6 heteroatoms. The molecule has 0 spiro atoms. The van der Waals surface area contributed by atoms with E-state index in [0.29, 0.717) is 29.8 Å². The zero-order valence-electron chi connectivity index (χ0n) is 12.1. The molecule has 1 aromatic heterocycles. The molecule has 0 aliphatic heterocycles. The van der Waals surface area contributed by atoms with Crippen LogP contribution in [0.1, 0.15) is 32.9 Å². The van der Waals surface area contributed by atoms with E-state index in [-0.39, 0.29) is 0 Å². The predicted molar refractivity (Wildman–Crippen MR) is 78.9 cm³/mol. The molecular formula is C13H23ClN2O2S. The van der Waals surface area contributed by atoms with E-state index in [1.165, 1.54) is 4.31 Å². The van der Waals surface area contributed by atoms with Crippen LogP contribution in [0.5, 0.6) is 0 Å². The number of sulfonamides is 1. The van der Waals surface area contributed by atoms with Crippen molar-refractivity contribution in [2.45, 2.75) is 44.5 Å². The molecule has 19 heavy (non-hydrogen) atoms. The van der Waals surface area contributed by atoms with Gasteiger partial charge in [0.1, 0.15) is 4.90 Å². The van der Waals surface area contributed by atoms with E-state index in [1.807, 2.05) is 18.4 Å². The Bertz CT molecular complexity index is 489. The largest absolute Gasteiger partial charge is 0.349 e. The van der Waals surface area contributed by atoms with Gasteiger partial charge < -0.3 is 4.57 Å². The Morgan fingerprint density at radius 3 is 2.47 bits per heavy atom. The summed E-state index contributed by atoms with van der Waals surface area (Å²) in [6, 6.07) is 1.67. The molecule has 4 nitrogen and oxygen atoms in total. The van der Waals surface area contributed by atoms with Gasteiger partial charge in [-0.25, -0.2) is 12.7 Å². The Balaban J connectivity index is 3.02. The first kappa shape index (κ1) is 16.5. The number of hydrogen-bond acceptors (Lipinski definition) is 2. The van der Waals surface area contributed by atoms with Gasteiger partial charge >= 0.3 is 0 Å². The molecule has 0 bridgehead atoms. The average Bonchev–Trinajstić information content (AvgIpc) is 2.82. The maximum absolute atomic E-state index is 12.5. The third kappa shape index (κ3) is 3.74. The van der Waals surface area contributed by atoms with Crippen molar-refractivity contribution in [3.8, 4) is 0 Å². The van der Waals surface area contributed by atoms with Gasteiger partial charge in [-0.1, -0.05) is 20.3 Å². The van der Waals surface area contributed by atoms with E-state index in [1.54, 1.807) is 19.3 Å². The Labute approximate surface area is 121 Å². The van der Waals surface area contributed by atoms with E-state index in [9.17, 15) is 8.42 Å². The van der Waals surface area contributed by atoms with Crippen LogP contribution in [0.25, 0.3) is 0 Å². The Kier molecular flexibility index (Phi) is 5.89. The van der Waals surface area contributed by atoms with Gasteiger partial charge in [-0.3, -0.25) is 0 Å². The number of halogens is 1. The molecule has 0 amide bonds. The predicted octanol–water partition coefficient (Wildman–Crippen LogP) is 2.91. The molecule has 1 aromatic rings. The summed E-state index contributed by atoms with van der Waals surface area (Å²) in [5, 5.41) is 0. The highest BCUT2D eigenvalue weighted by Crippen LogP contribution is 2.20. The molecule has 0 aromatic carbocycles. The van der Waals surface area contributed by atoms with Crippen molar-refractivity contribution in [2.24, 2.45) is 5.92 Å². The topological polar surface area (TPSA) is 42.3 Å². The number of aryl methyl sites for hydroxylation is 1. The lowest BCUT2D eigenvalue weighted by Gasteiger charge is -2.19. The monoisotopic (exact) mass is 306 g/mol. The number of nitrogens with zero attached hydrogens (tertiary/aromatic N) is 2. The van der Waals surface area contributed by atoms with Crippen molar-refractivity contribution in [3.63, 3.8) is 0 Å². The molecule has 0 aliphatic carbocycles. The SMILES string of the molecule is CCC(C)CN(C)S(=O)(=O)c1cc(CCl)n(CC)c1. The van der Waals surface area contributed by atoms with Gasteiger partial charge in [-0.15, -0.1) is 11.6 Å². The minimum absolute atomic E-state index is 0.318. The van der Waals surface area contributed by atoms with E-state index in [2.05, 4.69) is 6.92 Å². The number of alkyl halides is 1. The molecule has 0 saturated carbocycles. The molecule has 0 saturated heterocycles. The standard InChI is InChI=1S/C13H23ClN2O2S/c1-5-11(3)9-15(4)19(17,18)13-7-12(8-14)16(6-2)10-13/h7,10-11H,5-6,8-9H2,1-4H3. The molecule has 0 fully saturated rings. The summed E-state index contributed by atoms with van der Waals surface area (Å²) in [7, 11) is -1.78. The number of aromatic nitrogens is 1. The Morgan fingerprint density at radius 1 is 1.42 bits per heavy atom. The third-order valence-electron chi connectivity index (χ3n) is 3.41. The van der Waals surface area contributed by atoms with E-state index < -0.39 is 10.0 Å². The van der Waals surface area contributed by atoms with Crippen LogP contribution < -0.4 is 0 Å². The molecule has 0 aliphatic rings. The lowest BCUT2D eigenvalue weighted by Crippen LogP contribution is -2.30. The van der Waals surface area contributed by atoms with Gasteiger partial charge in [0.15, 0.2) is 0 Å². The maximum atomic E-state index is 12.5. The first-order valence-electron chi connectivity index (χ1n) is 6.58. The fourth-order valence-electron chi connectivity index (χ4n) is 1.92. The number of hydrogen-bond donors (Lipinski definition) is 0. The Morgan fingerprint density at radius 2 is 2.05 bits per heavy atom. The summed E-state index contributed by atoms with van der Waals surface area (Å²) in [5.74, 6) is 0.666. The lowest BCUT2D eigenvalue weighted by molar-refractivity contribution is 0.393. The van der Waals surface area contributed by atoms with Gasteiger partial charge in [-0.05, 0) is 18.9 Å². The van der Waals surface area contributed by atoms with Crippen molar-refractivity contribution in [1.29, 1.82) is 0 Å². The van der Waals surface area contributed by atoms with Crippen LogP contribution in [0.15, 0.2) is 17.2 Å². The zero-order valence-corrected chi connectivity index (χ0v) is 13.6. The minimum Gasteiger partial charge on any atom is -0.349 e. The highest BCUT2D eigenvalue weighted by molar-refractivity contribution is 7.89. The summed E-state index contributed by atoms with van der Waals surface area (Å²) < 4.78 is 28.2. The van der Waals surface area contributed by atoms with Crippen LogP contribution in [0, 0.1) is 5.92 Å². The minimum atomic E-state index is -3.41. The molecule has 1 rings (SSSR count). The summed E-state index contributed by atoms with van der Waals surface area (Å²) in [6.07, 6.45) is 2.63. The van der Waals surface area contributed by atoms with Crippen LogP contribution in [0.3, 0.4) is 0 Å². The number of rotatable bonds is 7. The maximum Gasteiger partial charge on any atom is 0.244 e. The van der Waals surface area contributed by atoms with Gasteiger partial charge in [0, 0.05) is 32.0 Å². The summed E-state index contributed by atoms with van der Waals surface area (Å²) in [5.41, 5.74) is 0.833. The molecule has 1 heterocycles. The van der Waals surface area contributed by atoms with Crippen molar-refractivity contribution >= 4 is 21.6 Å². The van der Waals surface area contributed by atoms with E-state index in [4.69, 9.17) is 11.6 Å². The van der Waals surface area contributed by atoms with Gasteiger partial charge in [0.25, 0.3) is 0 Å². The molecule has 1 unspecified atom stereocenters. The van der Waals surface area contributed by atoms with Crippen molar-refractivity contribution in [2.75, 3.05) is 13.6 Å². The molecule has 110 valence electrons. The van der Waals surface area contributed by atoms with E-state index >= 15 is 0 Å². The first-order valence-corrected chi connectivity index (χ1v) is 8.55. The third-order valence-corrected chi connectivity index (χ3v) is 5.47. The highest BCUT2D eigenvalue weighted by atomic mass is 35.5. The lowest BCUT2D eigenvalue weighted by atomic mass is 10.1. The molecule has 0 radical (unpaired) electrons. The quantitative estimate of drug-likeness (QED) is 0.727. The van der Waals surface area contributed by atoms with Gasteiger partial charge in [0.2, 0.25) is 10.0 Å². The second-order valence-electron chi connectivity index (χ2n) is 4.89. The van der Waals surface area contributed by atoms with Crippen LogP contribution in [-0.4, -0.2) is 30.9 Å². The average molecular weight is 307 g/mol. The van der Waals surface area contributed by atoms with Crippen molar-refractivity contribution < 1.29 is 8.42 Å². The van der Waals surface area contributed by atoms with Crippen LogP contribution in [-0.2, 0) is 22.4 Å². The summed E-state index contributed by atoms with van der Waals surface area (Å²) >= 11 is 5.83. The highest BCUT2D eigenvalue weighted by Gasteiger charge is 2.24. The Hall–Kier alpha value is -0.520. The smallest absolute Gasteiger partial charge is 0.244 e. The fraction of sp³-hybridized carbons (Fsp3) is 0.692. The normalized spacial score (nSPS) is 14.0. The molecule has 1 atom stereocenters. The van der Waals surface area contributed by atoms with Crippen molar-refractivity contribution in [1.82, 2.24) is 8.87 Å². The zero-order chi connectivity index (χ0) is 14.6. The van der Waals surface area contributed by atoms with Crippen LogP contribution >= 0.6 is 11.6 Å². The molecular weight excluding hydrogens is 284 g/mol. The first-order chi connectivity index (χ1) is 8.86. The van der Waals surface area contributed by atoms with Crippen LogP contribution in [0.2, 0.25) is 0 Å². The summed E-state index contributed by atoms with van der Waals surface area (Å²) in [6.45, 7) is 7.33. The second kappa shape index (κ2) is 6.77.